The molecule has 0 aliphatic heterocycles. The Morgan fingerprint density at radius 3 is 2.52 bits per heavy atom. The van der Waals surface area contributed by atoms with Gasteiger partial charge in [0.05, 0.1) is 7.11 Å². The first kappa shape index (κ1) is 19.3. The highest BCUT2D eigenvalue weighted by molar-refractivity contribution is 6.30. The first-order valence-corrected chi connectivity index (χ1v) is 8.90. The fraction of sp³-hybridized carbons (Fsp3) is 0.350. The molecule has 0 aromatic heterocycles. The highest BCUT2D eigenvalue weighted by Crippen LogP contribution is 2.12. The number of hydrogen-bond donors (Lipinski definition) is 2. The van der Waals surface area contributed by atoms with Gasteiger partial charge in [-0.05, 0) is 54.8 Å². The fourth-order valence-corrected chi connectivity index (χ4v) is 2.60. The minimum Gasteiger partial charge on any atom is -0.497 e. The summed E-state index contributed by atoms with van der Waals surface area (Å²) >= 11 is 5.85. The largest absolute Gasteiger partial charge is 0.497 e. The van der Waals surface area contributed by atoms with Gasteiger partial charge in [-0.25, -0.2) is 0 Å². The summed E-state index contributed by atoms with van der Waals surface area (Å²) in [6.07, 6.45) is 2.21. The van der Waals surface area contributed by atoms with E-state index in [1.165, 1.54) is 11.1 Å². The lowest BCUT2D eigenvalue weighted by Gasteiger charge is -2.08. The second kappa shape index (κ2) is 10.7. The van der Waals surface area contributed by atoms with Gasteiger partial charge in [0.1, 0.15) is 5.75 Å². The number of hydrogen-bond acceptors (Lipinski definition) is 3. The van der Waals surface area contributed by atoms with E-state index in [0.29, 0.717) is 19.5 Å². The zero-order valence-corrected chi connectivity index (χ0v) is 15.3. The quantitative estimate of drug-likeness (QED) is 0.639. The first-order valence-electron chi connectivity index (χ1n) is 8.52. The van der Waals surface area contributed by atoms with Crippen molar-refractivity contribution in [1.29, 1.82) is 0 Å². The predicted molar refractivity (Wildman–Crippen MR) is 102 cm³/mol. The number of carbonyl (C=O) groups excluding carboxylic acids is 1. The van der Waals surface area contributed by atoms with Crippen molar-refractivity contribution < 1.29 is 9.53 Å². The van der Waals surface area contributed by atoms with Crippen LogP contribution in [0.4, 0.5) is 0 Å². The standard InChI is InChI=1S/C20H25ClN2O2/c1-25-19-4-2-3-17(15-19)9-12-22-13-11-20(24)23-14-10-16-5-7-18(21)8-6-16/h2-8,15,22H,9-14H2,1H3,(H,23,24). The van der Waals surface area contributed by atoms with Gasteiger partial charge in [-0.2, -0.15) is 0 Å². The third-order valence-corrected chi connectivity index (χ3v) is 4.15. The molecular weight excluding hydrogens is 336 g/mol. The zero-order chi connectivity index (χ0) is 17.9. The fourth-order valence-electron chi connectivity index (χ4n) is 2.47. The van der Waals surface area contributed by atoms with Crippen LogP contribution in [0.1, 0.15) is 17.5 Å². The molecule has 5 heteroatoms. The van der Waals surface area contributed by atoms with E-state index in [1.807, 2.05) is 42.5 Å². The van der Waals surface area contributed by atoms with E-state index < -0.39 is 0 Å². The van der Waals surface area contributed by atoms with Crippen molar-refractivity contribution in [3.63, 3.8) is 0 Å². The summed E-state index contributed by atoms with van der Waals surface area (Å²) in [6, 6.07) is 15.7. The Morgan fingerprint density at radius 2 is 1.76 bits per heavy atom. The summed E-state index contributed by atoms with van der Waals surface area (Å²) in [5.74, 6) is 0.945. The van der Waals surface area contributed by atoms with Crippen LogP contribution in [0.5, 0.6) is 5.75 Å². The van der Waals surface area contributed by atoms with Gasteiger partial charge in [-0.1, -0.05) is 35.9 Å². The summed E-state index contributed by atoms with van der Waals surface area (Å²) in [4.78, 5) is 11.8. The average Bonchev–Trinajstić information content (AvgIpc) is 2.63. The molecule has 134 valence electrons. The van der Waals surface area contributed by atoms with E-state index in [4.69, 9.17) is 16.3 Å². The Hall–Kier alpha value is -2.04. The molecule has 2 N–H and O–H groups in total. The Labute approximate surface area is 154 Å². The molecule has 0 heterocycles. The average molecular weight is 361 g/mol. The van der Waals surface area contributed by atoms with Crippen molar-refractivity contribution >= 4 is 17.5 Å². The molecular formula is C20H25ClN2O2. The molecule has 0 bridgehead atoms. The molecule has 0 aliphatic carbocycles. The van der Waals surface area contributed by atoms with Crippen LogP contribution in [0.2, 0.25) is 5.02 Å². The van der Waals surface area contributed by atoms with Gasteiger partial charge in [-0.15, -0.1) is 0 Å². The third kappa shape index (κ3) is 7.59. The second-order valence-electron chi connectivity index (χ2n) is 5.83. The zero-order valence-electron chi connectivity index (χ0n) is 14.6. The van der Waals surface area contributed by atoms with Crippen molar-refractivity contribution in [2.24, 2.45) is 0 Å². The van der Waals surface area contributed by atoms with E-state index in [0.717, 1.165) is 30.2 Å². The maximum Gasteiger partial charge on any atom is 0.221 e. The van der Waals surface area contributed by atoms with E-state index in [2.05, 4.69) is 16.7 Å². The van der Waals surface area contributed by atoms with Gasteiger partial charge in [0.2, 0.25) is 5.91 Å². The van der Waals surface area contributed by atoms with E-state index >= 15 is 0 Å². The minimum atomic E-state index is 0.0721. The van der Waals surface area contributed by atoms with Crippen LogP contribution in [-0.2, 0) is 17.6 Å². The number of benzene rings is 2. The summed E-state index contributed by atoms with van der Waals surface area (Å²) < 4.78 is 5.21. The monoisotopic (exact) mass is 360 g/mol. The lowest BCUT2D eigenvalue weighted by atomic mass is 10.1. The number of methoxy groups -OCH3 is 1. The predicted octanol–water partition coefficient (Wildman–Crippen LogP) is 3.23. The van der Waals surface area contributed by atoms with Gasteiger partial charge in [0.15, 0.2) is 0 Å². The van der Waals surface area contributed by atoms with E-state index in [-0.39, 0.29) is 5.91 Å². The molecule has 1 amide bonds. The molecule has 2 rings (SSSR count). The SMILES string of the molecule is COc1cccc(CCNCCC(=O)NCCc2ccc(Cl)cc2)c1. The molecule has 0 atom stereocenters. The van der Waals surface area contributed by atoms with Gasteiger partial charge < -0.3 is 15.4 Å². The number of rotatable bonds is 10. The minimum absolute atomic E-state index is 0.0721. The molecule has 2 aromatic rings. The third-order valence-electron chi connectivity index (χ3n) is 3.90. The Bertz CT molecular complexity index is 659. The summed E-state index contributed by atoms with van der Waals surface area (Å²) in [5.41, 5.74) is 2.39. The van der Waals surface area contributed by atoms with Crippen LogP contribution in [0.15, 0.2) is 48.5 Å². The molecule has 25 heavy (non-hydrogen) atoms. The summed E-state index contributed by atoms with van der Waals surface area (Å²) in [6.45, 7) is 2.16. The van der Waals surface area contributed by atoms with Crippen molar-refractivity contribution in [1.82, 2.24) is 10.6 Å². The van der Waals surface area contributed by atoms with Crippen LogP contribution in [0, 0.1) is 0 Å². The maximum atomic E-state index is 11.8. The molecule has 0 spiro atoms. The smallest absolute Gasteiger partial charge is 0.221 e. The van der Waals surface area contributed by atoms with Gasteiger partial charge in [0, 0.05) is 24.5 Å². The molecule has 0 saturated heterocycles. The van der Waals surface area contributed by atoms with Gasteiger partial charge in [-0.3, -0.25) is 4.79 Å². The summed E-state index contributed by atoms with van der Waals surface area (Å²) in [7, 11) is 1.67. The molecule has 0 aliphatic rings. The van der Waals surface area contributed by atoms with Crippen LogP contribution in [0.25, 0.3) is 0 Å². The molecule has 0 radical (unpaired) electrons. The second-order valence-corrected chi connectivity index (χ2v) is 6.26. The Morgan fingerprint density at radius 1 is 1.00 bits per heavy atom. The number of carbonyl (C=O) groups is 1. The number of nitrogens with one attached hydrogen (secondary N) is 2. The normalized spacial score (nSPS) is 10.5. The van der Waals surface area contributed by atoms with Gasteiger partial charge >= 0.3 is 0 Å². The molecule has 0 unspecified atom stereocenters. The van der Waals surface area contributed by atoms with Crippen molar-refractivity contribution in [2.45, 2.75) is 19.3 Å². The first-order chi connectivity index (χ1) is 12.2. The summed E-state index contributed by atoms with van der Waals surface area (Å²) in [5, 5.41) is 6.97. The Kier molecular flexibility index (Phi) is 8.29. The van der Waals surface area contributed by atoms with Crippen LogP contribution in [-0.4, -0.2) is 32.7 Å². The number of halogens is 1. The van der Waals surface area contributed by atoms with Crippen LogP contribution in [0.3, 0.4) is 0 Å². The van der Waals surface area contributed by atoms with Crippen molar-refractivity contribution in [3.05, 3.63) is 64.7 Å². The molecule has 4 nitrogen and oxygen atoms in total. The lowest BCUT2D eigenvalue weighted by Crippen LogP contribution is -2.29. The van der Waals surface area contributed by atoms with Crippen molar-refractivity contribution in [3.8, 4) is 5.75 Å². The van der Waals surface area contributed by atoms with E-state index in [9.17, 15) is 4.79 Å². The topological polar surface area (TPSA) is 50.4 Å². The highest BCUT2D eigenvalue weighted by Gasteiger charge is 2.01. The molecule has 2 aromatic carbocycles. The number of amides is 1. The Balaban J connectivity index is 1.54. The van der Waals surface area contributed by atoms with Crippen molar-refractivity contribution in [2.75, 3.05) is 26.7 Å². The van der Waals surface area contributed by atoms with Gasteiger partial charge in [0.25, 0.3) is 0 Å². The maximum absolute atomic E-state index is 11.8. The highest BCUT2D eigenvalue weighted by atomic mass is 35.5. The molecule has 0 saturated carbocycles. The van der Waals surface area contributed by atoms with Crippen LogP contribution < -0.4 is 15.4 Å². The number of ether oxygens (including phenoxy) is 1. The van der Waals surface area contributed by atoms with E-state index in [1.54, 1.807) is 7.11 Å². The van der Waals surface area contributed by atoms with Crippen LogP contribution >= 0.6 is 11.6 Å². The molecule has 0 fully saturated rings. The lowest BCUT2D eigenvalue weighted by molar-refractivity contribution is -0.120.